The molecule has 1 unspecified atom stereocenters. The van der Waals surface area contributed by atoms with Crippen LogP contribution in [0.4, 0.5) is 0 Å². The van der Waals surface area contributed by atoms with E-state index in [1.807, 2.05) is 0 Å². The Balaban J connectivity index is 4.42. The summed E-state index contributed by atoms with van der Waals surface area (Å²) in [6.07, 6.45) is 92.8. The maximum absolute atomic E-state index is 13.0. The molecule has 0 fully saturated rings. The SMILES string of the molecule is CC/C=C\C/C=C\C/C=C\C/C=C\C/C=C\C/C=C\C/C=C\C/C=C\CCCCC(=O)OCC(COC(=O)CCCCCCCCCCCCCCCCCC)OC(=O)CCCCCCCCCCCCCCCCCCCCCC. The van der Waals surface area contributed by atoms with E-state index in [1.54, 1.807) is 0 Å². The van der Waals surface area contributed by atoms with Gasteiger partial charge in [0.2, 0.25) is 0 Å². The van der Waals surface area contributed by atoms with Gasteiger partial charge in [0.15, 0.2) is 6.10 Å². The first-order valence-corrected chi connectivity index (χ1v) is 34.7. The number of carbonyl (C=O) groups is 3. The number of unbranched alkanes of at least 4 members (excludes halogenated alkanes) is 36. The Labute approximate surface area is 502 Å². The zero-order chi connectivity index (χ0) is 58.5. The van der Waals surface area contributed by atoms with Gasteiger partial charge in [-0.3, -0.25) is 14.4 Å². The average Bonchev–Trinajstić information content (AvgIpc) is 3.47. The highest BCUT2D eigenvalue weighted by Crippen LogP contribution is 2.18. The van der Waals surface area contributed by atoms with Crippen LogP contribution in [-0.2, 0) is 28.6 Å². The van der Waals surface area contributed by atoms with E-state index in [4.69, 9.17) is 14.2 Å². The summed E-state index contributed by atoms with van der Waals surface area (Å²) in [7, 11) is 0. The van der Waals surface area contributed by atoms with Gasteiger partial charge in [-0.25, -0.2) is 0 Å². The predicted octanol–water partition coefficient (Wildman–Crippen LogP) is 24.0. The van der Waals surface area contributed by atoms with E-state index < -0.39 is 6.10 Å². The van der Waals surface area contributed by atoms with Crippen LogP contribution in [-0.4, -0.2) is 37.2 Å². The monoisotopic (exact) mass is 1130 g/mol. The van der Waals surface area contributed by atoms with E-state index in [0.29, 0.717) is 19.3 Å². The lowest BCUT2D eigenvalue weighted by Crippen LogP contribution is -2.30. The average molecular weight is 1130 g/mol. The van der Waals surface area contributed by atoms with Gasteiger partial charge in [0.1, 0.15) is 13.2 Å². The van der Waals surface area contributed by atoms with Crippen molar-refractivity contribution in [3.63, 3.8) is 0 Å². The molecule has 0 amide bonds. The summed E-state index contributed by atoms with van der Waals surface area (Å²) in [5.41, 5.74) is 0. The van der Waals surface area contributed by atoms with Gasteiger partial charge < -0.3 is 14.2 Å². The lowest BCUT2D eigenvalue weighted by molar-refractivity contribution is -0.167. The molecule has 0 bridgehead atoms. The van der Waals surface area contributed by atoms with Crippen LogP contribution in [0.15, 0.2) is 97.2 Å². The first-order chi connectivity index (χ1) is 40.0. The number of carbonyl (C=O) groups excluding carboxylic acids is 3. The highest BCUT2D eigenvalue weighted by atomic mass is 16.6. The second-order valence-electron chi connectivity index (χ2n) is 23.1. The Morgan fingerprint density at radius 3 is 0.753 bits per heavy atom. The van der Waals surface area contributed by atoms with Crippen LogP contribution in [0.25, 0.3) is 0 Å². The van der Waals surface area contributed by atoms with E-state index >= 15 is 0 Å². The zero-order valence-corrected chi connectivity index (χ0v) is 53.5. The summed E-state index contributed by atoms with van der Waals surface area (Å²) < 4.78 is 17.0. The van der Waals surface area contributed by atoms with Gasteiger partial charge in [0.25, 0.3) is 0 Å². The quantitative estimate of drug-likeness (QED) is 0.0261. The van der Waals surface area contributed by atoms with E-state index in [2.05, 4.69) is 118 Å². The summed E-state index contributed by atoms with van der Waals surface area (Å²) in [4.78, 5) is 38.4. The van der Waals surface area contributed by atoms with Crippen molar-refractivity contribution in [2.75, 3.05) is 13.2 Å². The third-order valence-corrected chi connectivity index (χ3v) is 15.1. The molecule has 0 saturated carbocycles. The van der Waals surface area contributed by atoms with E-state index in [-0.39, 0.29) is 31.1 Å². The minimum absolute atomic E-state index is 0.0867. The Bertz CT molecular complexity index is 1580. The highest BCUT2D eigenvalue weighted by molar-refractivity contribution is 5.71. The van der Waals surface area contributed by atoms with Crippen LogP contribution in [0.5, 0.6) is 0 Å². The summed E-state index contributed by atoms with van der Waals surface area (Å²) in [6, 6.07) is 0. The maximum atomic E-state index is 13.0. The highest BCUT2D eigenvalue weighted by Gasteiger charge is 2.19. The smallest absolute Gasteiger partial charge is 0.306 e. The molecule has 0 spiro atoms. The summed E-state index contributed by atoms with van der Waals surface area (Å²) >= 11 is 0. The molecule has 0 saturated heterocycles. The number of rotatable bonds is 63. The standard InChI is InChI=1S/C75H130O6/c1-4-7-10-13-16-19-22-25-28-31-33-35-36-37-38-39-40-41-43-44-47-50-53-56-59-62-65-68-74(77)80-71-72(70-79-73(76)67-64-61-58-55-52-49-46-30-27-24-21-18-15-12-9-6-3)81-75(78)69-66-63-60-57-54-51-48-45-42-34-32-29-26-23-20-17-14-11-8-5-2/h7,10,16,19,25,28,33,35,37-38,40-41,44,47,53,56,72H,4-6,8-9,11-15,17-18,20-24,26-27,29-32,34,36,39,42-43,45-46,48-52,54-55,57-71H2,1-3H3/b10-7-,19-16-,28-25-,35-33-,38-37-,41-40-,47-44-,56-53-. The van der Waals surface area contributed by atoms with Crippen molar-refractivity contribution in [2.24, 2.45) is 0 Å². The van der Waals surface area contributed by atoms with Crippen molar-refractivity contribution in [3.05, 3.63) is 97.2 Å². The minimum atomic E-state index is -0.795. The fourth-order valence-corrected chi connectivity index (χ4v) is 9.93. The second kappa shape index (κ2) is 68.8. The van der Waals surface area contributed by atoms with Crippen molar-refractivity contribution in [1.29, 1.82) is 0 Å². The number of allylic oxidation sites excluding steroid dienone is 16. The van der Waals surface area contributed by atoms with Crippen LogP contribution < -0.4 is 0 Å². The molecule has 1 atom stereocenters. The molecule has 0 aromatic carbocycles. The molecule has 6 nitrogen and oxygen atoms in total. The van der Waals surface area contributed by atoms with Gasteiger partial charge in [0, 0.05) is 19.3 Å². The van der Waals surface area contributed by atoms with Crippen LogP contribution >= 0.6 is 0 Å². The summed E-state index contributed by atoms with van der Waals surface area (Å²) in [6.45, 7) is 6.54. The third-order valence-electron chi connectivity index (χ3n) is 15.1. The number of esters is 3. The molecule has 81 heavy (non-hydrogen) atoms. The lowest BCUT2D eigenvalue weighted by atomic mass is 10.0. The molecule has 0 N–H and O–H groups in total. The molecule has 0 aliphatic rings. The van der Waals surface area contributed by atoms with Crippen LogP contribution in [0.1, 0.15) is 342 Å². The van der Waals surface area contributed by atoms with Crippen LogP contribution in [0.2, 0.25) is 0 Å². The number of hydrogen-bond acceptors (Lipinski definition) is 6. The topological polar surface area (TPSA) is 78.9 Å². The molecule has 0 rings (SSSR count). The van der Waals surface area contributed by atoms with Gasteiger partial charge in [-0.1, -0.05) is 336 Å². The van der Waals surface area contributed by atoms with Crippen molar-refractivity contribution < 1.29 is 28.6 Å². The summed E-state index contributed by atoms with van der Waals surface area (Å²) in [5.74, 6) is -0.913. The molecular weight excluding hydrogens is 997 g/mol. The van der Waals surface area contributed by atoms with Crippen molar-refractivity contribution in [3.8, 4) is 0 Å². The Kier molecular flexibility index (Phi) is 65.7. The maximum Gasteiger partial charge on any atom is 0.306 e. The minimum Gasteiger partial charge on any atom is -0.462 e. The largest absolute Gasteiger partial charge is 0.462 e. The molecular formula is C75H130O6. The number of ether oxygens (including phenoxy) is 3. The molecule has 0 aromatic heterocycles. The molecule has 466 valence electrons. The number of hydrogen-bond donors (Lipinski definition) is 0. The molecule has 0 aliphatic heterocycles. The Morgan fingerprint density at radius 1 is 0.259 bits per heavy atom. The molecule has 0 heterocycles. The van der Waals surface area contributed by atoms with Gasteiger partial charge in [0.05, 0.1) is 0 Å². The van der Waals surface area contributed by atoms with Gasteiger partial charge in [-0.2, -0.15) is 0 Å². The fraction of sp³-hybridized carbons (Fsp3) is 0.747. The van der Waals surface area contributed by atoms with Crippen LogP contribution in [0.3, 0.4) is 0 Å². The normalized spacial score (nSPS) is 12.7. The fourth-order valence-electron chi connectivity index (χ4n) is 9.93. The lowest BCUT2D eigenvalue weighted by Gasteiger charge is -2.18. The van der Waals surface area contributed by atoms with E-state index in [9.17, 15) is 14.4 Å². The third kappa shape index (κ3) is 67.0. The van der Waals surface area contributed by atoms with Crippen molar-refractivity contribution >= 4 is 17.9 Å². The first-order valence-electron chi connectivity index (χ1n) is 34.7. The molecule has 0 radical (unpaired) electrons. The van der Waals surface area contributed by atoms with Crippen molar-refractivity contribution in [2.45, 2.75) is 348 Å². The first kappa shape index (κ1) is 77.3. The van der Waals surface area contributed by atoms with E-state index in [1.165, 1.54) is 193 Å². The van der Waals surface area contributed by atoms with Gasteiger partial charge in [-0.05, 0) is 83.5 Å². The predicted molar refractivity (Wildman–Crippen MR) is 353 cm³/mol. The van der Waals surface area contributed by atoms with Crippen LogP contribution in [0, 0.1) is 0 Å². The molecule has 0 aliphatic carbocycles. The Morgan fingerprint density at radius 2 is 0.481 bits per heavy atom. The van der Waals surface area contributed by atoms with Gasteiger partial charge in [-0.15, -0.1) is 0 Å². The zero-order valence-electron chi connectivity index (χ0n) is 53.5. The molecule has 0 aromatic rings. The van der Waals surface area contributed by atoms with Gasteiger partial charge >= 0.3 is 17.9 Å². The van der Waals surface area contributed by atoms with E-state index in [0.717, 1.165) is 109 Å². The van der Waals surface area contributed by atoms with Crippen molar-refractivity contribution in [1.82, 2.24) is 0 Å². The summed E-state index contributed by atoms with van der Waals surface area (Å²) in [5, 5.41) is 0. The Hall–Kier alpha value is -3.67. The molecule has 6 heteroatoms. The second-order valence-corrected chi connectivity index (χ2v) is 23.1.